The Morgan fingerprint density at radius 3 is 2.24 bits per heavy atom. The van der Waals surface area contributed by atoms with Crippen molar-refractivity contribution in [1.29, 1.82) is 0 Å². The Hall–Kier alpha value is -1.36. The highest BCUT2D eigenvalue weighted by Gasteiger charge is 2.72. The molecule has 0 saturated heterocycles. The van der Waals surface area contributed by atoms with E-state index >= 15 is 0 Å². The first-order chi connectivity index (χ1) is 19.7. The molecule has 0 aromatic carbocycles. The molecular weight excluding hydrogens is 520 g/mol. The Bertz CT molecular complexity index is 1070. The molecule has 5 fully saturated rings. The summed E-state index contributed by atoms with van der Waals surface area (Å²) < 4.78 is 5.94. The Kier molecular flexibility index (Phi) is 8.56. The highest BCUT2D eigenvalue weighted by molar-refractivity contribution is 5.83. The SMILES string of the molecule is C=C(C)[C@@H]1CC[C@]2(C(=O)NCCCCCN)CC[C@]3(C)[C@H](CC[C@@H]4[C@@]5(C)CC[C@H](OC(C)=O)C(C)(C)[C@@H]5CC[C@]43C)[C@@H]12. The van der Waals surface area contributed by atoms with Gasteiger partial charge in [-0.15, -0.1) is 0 Å². The Morgan fingerprint density at radius 2 is 1.57 bits per heavy atom. The van der Waals surface area contributed by atoms with Crippen LogP contribution in [0.4, 0.5) is 0 Å². The summed E-state index contributed by atoms with van der Waals surface area (Å²) in [5.41, 5.74) is 7.45. The van der Waals surface area contributed by atoms with E-state index in [4.69, 9.17) is 10.5 Å². The van der Waals surface area contributed by atoms with Crippen molar-refractivity contribution in [3.05, 3.63) is 12.2 Å². The number of ether oxygens (including phenoxy) is 1. The third-order valence-electron chi connectivity index (χ3n) is 14.9. The molecular formula is C37H62N2O3. The molecule has 10 atom stereocenters. The summed E-state index contributed by atoms with van der Waals surface area (Å²) >= 11 is 0. The minimum Gasteiger partial charge on any atom is -0.462 e. The molecule has 1 amide bonds. The third-order valence-corrected chi connectivity index (χ3v) is 14.9. The minimum absolute atomic E-state index is 0.0157. The zero-order valence-corrected chi connectivity index (χ0v) is 28.1. The van der Waals surface area contributed by atoms with Gasteiger partial charge < -0.3 is 15.8 Å². The van der Waals surface area contributed by atoms with E-state index in [-0.39, 0.29) is 39.1 Å². The molecule has 42 heavy (non-hydrogen) atoms. The lowest BCUT2D eigenvalue weighted by Gasteiger charge is -2.72. The zero-order valence-electron chi connectivity index (χ0n) is 28.1. The first-order valence-corrected chi connectivity index (χ1v) is 17.5. The van der Waals surface area contributed by atoms with E-state index in [1.54, 1.807) is 6.92 Å². The fourth-order valence-corrected chi connectivity index (χ4v) is 12.7. The van der Waals surface area contributed by atoms with Gasteiger partial charge in [-0.2, -0.15) is 0 Å². The van der Waals surface area contributed by atoms with Gasteiger partial charge in [0.2, 0.25) is 5.91 Å². The van der Waals surface area contributed by atoms with Gasteiger partial charge in [-0.05, 0) is 136 Å². The summed E-state index contributed by atoms with van der Waals surface area (Å²) in [5, 5.41) is 3.43. The second kappa shape index (κ2) is 11.2. The molecule has 0 aromatic heterocycles. The Morgan fingerprint density at radius 1 is 0.833 bits per heavy atom. The summed E-state index contributed by atoms with van der Waals surface area (Å²) in [4.78, 5) is 26.2. The van der Waals surface area contributed by atoms with E-state index in [1.165, 1.54) is 31.3 Å². The van der Waals surface area contributed by atoms with Crippen LogP contribution in [0.3, 0.4) is 0 Å². The molecule has 0 bridgehead atoms. The quantitative estimate of drug-likeness (QED) is 0.174. The van der Waals surface area contributed by atoms with Gasteiger partial charge in [0.15, 0.2) is 0 Å². The summed E-state index contributed by atoms with van der Waals surface area (Å²) in [7, 11) is 0. The van der Waals surface area contributed by atoms with Gasteiger partial charge in [0.1, 0.15) is 6.10 Å². The molecule has 0 heterocycles. The maximum absolute atomic E-state index is 14.2. The molecule has 5 nitrogen and oxygen atoms in total. The van der Waals surface area contributed by atoms with Crippen molar-refractivity contribution >= 4 is 11.9 Å². The number of esters is 1. The Balaban J connectivity index is 1.44. The smallest absolute Gasteiger partial charge is 0.302 e. The van der Waals surface area contributed by atoms with Crippen LogP contribution in [0.5, 0.6) is 0 Å². The maximum atomic E-state index is 14.2. The van der Waals surface area contributed by atoms with Crippen molar-refractivity contribution in [3.63, 3.8) is 0 Å². The Labute approximate surface area is 256 Å². The second-order valence-electron chi connectivity index (χ2n) is 16.9. The number of carbonyl (C=O) groups excluding carboxylic acids is 2. The van der Waals surface area contributed by atoms with Crippen molar-refractivity contribution in [2.24, 2.45) is 62.4 Å². The van der Waals surface area contributed by atoms with E-state index < -0.39 is 0 Å². The molecule has 5 aliphatic rings. The number of nitrogens with two attached hydrogens (primary N) is 1. The van der Waals surface area contributed by atoms with Crippen LogP contribution < -0.4 is 11.1 Å². The van der Waals surface area contributed by atoms with E-state index in [9.17, 15) is 9.59 Å². The number of carbonyl (C=O) groups is 2. The predicted molar refractivity (Wildman–Crippen MR) is 170 cm³/mol. The van der Waals surface area contributed by atoms with Crippen LogP contribution in [0.25, 0.3) is 0 Å². The minimum atomic E-state index is -0.240. The molecule has 0 spiro atoms. The lowest BCUT2D eigenvalue weighted by Crippen LogP contribution is -2.67. The van der Waals surface area contributed by atoms with Gasteiger partial charge in [-0.3, -0.25) is 9.59 Å². The summed E-state index contributed by atoms with van der Waals surface area (Å²) in [6, 6.07) is 0. The standard InChI is InChI=1S/C37H62N2O3/c1-24(2)26-14-19-37(32(41)39-23-11-9-10-22-38)21-20-35(7)27(31(26)37)12-13-29-34(6)17-16-30(42-25(3)40)33(4,5)28(34)15-18-36(29,35)8/h26-31H,1,9-23,38H2,2-8H3,(H,39,41)/t26-,27+,28-,29+,30-,31+,34-,35+,36+,37-/m0/s1. The molecule has 5 saturated carbocycles. The number of nitrogens with one attached hydrogen (secondary N) is 1. The first-order valence-electron chi connectivity index (χ1n) is 17.5. The first kappa shape index (κ1) is 32.0. The van der Waals surface area contributed by atoms with Crippen LogP contribution >= 0.6 is 0 Å². The molecule has 0 aromatic rings. The van der Waals surface area contributed by atoms with E-state index in [0.717, 1.165) is 70.9 Å². The summed E-state index contributed by atoms with van der Waals surface area (Å²) in [6.45, 7) is 22.4. The molecule has 5 heteroatoms. The largest absolute Gasteiger partial charge is 0.462 e. The van der Waals surface area contributed by atoms with E-state index in [1.807, 2.05) is 0 Å². The lowest BCUT2D eigenvalue weighted by atomic mass is 9.32. The normalized spacial score (nSPS) is 45.5. The van der Waals surface area contributed by atoms with Gasteiger partial charge in [0.25, 0.3) is 0 Å². The molecule has 5 aliphatic carbocycles. The van der Waals surface area contributed by atoms with E-state index in [2.05, 4.69) is 53.4 Å². The fraction of sp³-hybridized carbons (Fsp3) is 0.892. The molecule has 0 unspecified atom stereocenters. The van der Waals surface area contributed by atoms with Crippen LogP contribution in [0.15, 0.2) is 12.2 Å². The van der Waals surface area contributed by atoms with Crippen molar-refractivity contribution < 1.29 is 14.3 Å². The summed E-state index contributed by atoms with van der Waals surface area (Å²) in [6.07, 6.45) is 14.5. The molecule has 3 N–H and O–H groups in total. The van der Waals surface area contributed by atoms with Crippen LogP contribution in [-0.2, 0) is 14.3 Å². The molecule has 0 aliphatic heterocycles. The fourth-order valence-electron chi connectivity index (χ4n) is 12.7. The predicted octanol–water partition coefficient (Wildman–Crippen LogP) is 7.82. The topological polar surface area (TPSA) is 81.4 Å². The number of amides is 1. The van der Waals surface area contributed by atoms with Gasteiger partial charge in [0, 0.05) is 18.9 Å². The highest BCUT2D eigenvalue weighted by atomic mass is 16.5. The molecule has 5 rings (SSSR count). The number of rotatable bonds is 8. The van der Waals surface area contributed by atoms with Crippen molar-refractivity contribution in [2.75, 3.05) is 13.1 Å². The van der Waals surface area contributed by atoms with Crippen LogP contribution in [0.1, 0.15) is 132 Å². The van der Waals surface area contributed by atoms with Crippen molar-refractivity contribution in [2.45, 2.75) is 138 Å². The third kappa shape index (κ3) is 4.64. The number of unbranched alkanes of at least 4 members (excludes halogenated alkanes) is 2. The van der Waals surface area contributed by atoms with Crippen molar-refractivity contribution in [1.82, 2.24) is 5.32 Å². The van der Waals surface area contributed by atoms with E-state index in [0.29, 0.717) is 35.5 Å². The van der Waals surface area contributed by atoms with Crippen LogP contribution in [0.2, 0.25) is 0 Å². The number of hydrogen-bond acceptors (Lipinski definition) is 4. The van der Waals surface area contributed by atoms with Crippen molar-refractivity contribution in [3.8, 4) is 0 Å². The second-order valence-corrected chi connectivity index (χ2v) is 16.9. The maximum Gasteiger partial charge on any atom is 0.302 e. The number of hydrogen-bond donors (Lipinski definition) is 2. The summed E-state index contributed by atoms with van der Waals surface area (Å²) in [5.74, 6) is 2.82. The van der Waals surface area contributed by atoms with Gasteiger partial charge in [-0.25, -0.2) is 0 Å². The highest BCUT2D eigenvalue weighted by Crippen LogP contribution is 2.77. The van der Waals surface area contributed by atoms with Crippen LogP contribution in [0, 0.1) is 56.7 Å². The van der Waals surface area contributed by atoms with Gasteiger partial charge in [-0.1, -0.05) is 53.2 Å². The van der Waals surface area contributed by atoms with Gasteiger partial charge in [0.05, 0.1) is 5.41 Å². The molecule has 0 radical (unpaired) electrons. The monoisotopic (exact) mass is 582 g/mol. The van der Waals surface area contributed by atoms with Crippen LogP contribution in [-0.4, -0.2) is 31.1 Å². The van der Waals surface area contributed by atoms with Gasteiger partial charge >= 0.3 is 5.97 Å². The average Bonchev–Trinajstić information content (AvgIpc) is 3.32. The zero-order chi connectivity index (χ0) is 30.7. The lowest BCUT2D eigenvalue weighted by molar-refractivity contribution is -0.248. The number of fused-ring (bicyclic) bond motifs is 7. The number of allylic oxidation sites excluding steroid dienone is 1. The molecule has 238 valence electrons. The average molecular weight is 583 g/mol.